The van der Waals surface area contributed by atoms with Gasteiger partial charge in [-0.1, -0.05) is 47.0 Å². The summed E-state index contributed by atoms with van der Waals surface area (Å²) in [5.41, 5.74) is -0.590. The van der Waals surface area contributed by atoms with Crippen LogP contribution in [0.25, 0.3) is 0 Å². The van der Waals surface area contributed by atoms with Crippen molar-refractivity contribution >= 4 is 0 Å². The van der Waals surface area contributed by atoms with Crippen molar-refractivity contribution in [1.82, 2.24) is 0 Å². The van der Waals surface area contributed by atoms with E-state index >= 15 is 0 Å². The first-order valence-corrected chi connectivity index (χ1v) is 13.8. The second kappa shape index (κ2) is 15.4. The van der Waals surface area contributed by atoms with Crippen LogP contribution in [-0.4, -0.2) is 117 Å². The summed E-state index contributed by atoms with van der Waals surface area (Å²) < 4.78 is 29.1. The molecule has 2 fully saturated rings. The summed E-state index contributed by atoms with van der Waals surface area (Å²) in [7, 11) is 0. The topological polar surface area (TPSA) is 168 Å². The van der Waals surface area contributed by atoms with E-state index in [0.717, 1.165) is 25.7 Å². The van der Waals surface area contributed by atoms with Crippen molar-refractivity contribution in [3.05, 3.63) is 0 Å². The van der Waals surface area contributed by atoms with Gasteiger partial charge in [0.25, 0.3) is 0 Å². The number of ether oxygens (including phenoxy) is 5. The molecule has 0 bridgehead atoms. The van der Waals surface area contributed by atoms with Crippen LogP contribution in [0.4, 0.5) is 0 Å². The van der Waals surface area contributed by atoms with Crippen molar-refractivity contribution in [2.75, 3.05) is 19.8 Å². The summed E-state index contributed by atoms with van der Waals surface area (Å²) >= 11 is 0. The van der Waals surface area contributed by atoms with Crippen molar-refractivity contribution in [3.63, 3.8) is 0 Å². The Labute approximate surface area is 220 Å². The van der Waals surface area contributed by atoms with Crippen LogP contribution in [0.15, 0.2) is 0 Å². The molecule has 2 aliphatic rings. The lowest BCUT2D eigenvalue weighted by Gasteiger charge is -2.48. The number of hydrogen-bond donors (Lipinski definition) is 6. The molecule has 0 amide bonds. The number of rotatable bonds is 15. The second-order valence-corrected chi connectivity index (χ2v) is 10.5. The Bertz CT molecular complexity index is 636. The molecule has 12 atom stereocenters. The van der Waals surface area contributed by atoms with Crippen molar-refractivity contribution < 1.29 is 54.3 Å². The highest BCUT2D eigenvalue weighted by atomic mass is 16.7. The first-order valence-electron chi connectivity index (χ1n) is 13.8. The minimum absolute atomic E-state index is 0.268. The van der Waals surface area contributed by atoms with E-state index in [-0.39, 0.29) is 5.92 Å². The van der Waals surface area contributed by atoms with E-state index in [1.165, 1.54) is 0 Å². The Hall–Kier alpha value is -0.440. The quantitative estimate of drug-likeness (QED) is 0.171. The zero-order valence-corrected chi connectivity index (χ0v) is 22.9. The van der Waals surface area contributed by atoms with E-state index < -0.39 is 80.2 Å². The van der Waals surface area contributed by atoms with Crippen LogP contribution in [0.3, 0.4) is 0 Å². The molecule has 0 aromatic carbocycles. The standard InChI is InChI=1S/C26H50O11/c1-6-10-15(8-3)14-33-24-20(31)18(29)22(16(12-27)34-24)36-25-21(32)19(30)23(17(13-28)35-25)37-26(5,9-4)11-7-2/h15-25,27-32H,6-14H2,1-5H3/t15?,16?,17?,18?,19?,20?,21?,22?,23?,24?,25?,26-/m1/s1. The maximum absolute atomic E-state index is 10.9. The van der Waals surface area contributed by atoms with Gasteiger partial charge in [-0.3, -0.25) is 0 Å². The molecule has 2 rings (SSSR count). The van der Waals surface area contributed by atoms with Gasteiger partial charge in [-0.05, 0) is 32.1 Å². The summed E-state index contributed by atoms with van der Waals surface area (Å²) in [5.74, 6) is 0.268. The molecule has 0 aromatic heterocycles. The van der Waals surface area contributed by atoms with Crippen LogP contribution in [-0.2, 0) is 23.7 Å². The lowest BCUT2D eigenvalue weighted by Crippen LogP contribution is -2.65. The highest BCUT2D eigenvalue weighted by Gasteiger charge is 2.52. The number of aliphatic hydroxyl groups excluding tert-OH is 6. The predicted octanol–water partition coefficient (Wildman–Crippen LogP) is 0.447. The van der Waals surface area contributed by atoms with Crippen LogP contribution in [0.2, 0.25) is 0 Å². The average Bonchev–Trinajstić information content (AvgIpc) is 2.89. The first kappa shape index (κ1) is 32.8. The SMILES string of the molecule is CCCC(CC)COC1OC(CO)C(OC2OC(CO)C(O[C@](C)(CC)CCC)C(O)C2O)C(O)C1O. The summed E-state index contributed by atoms with van der Waals surface area (Å²) in [6.07, 6.45) is -8.14. The molecule has 0 radical (unpaired) electrons. The maximum atomic E-state index is 10.9. The highest BCUT2D eigenvalue weighted by Crippen LogP contribution is 2.34. The molecule has 37 heavy (non-hydrogen) atoms. The molecule has 11 heteroatoms. The minimum Gasteiger partial charge on any atom is -0.394 e. The third-order valence-electron chi connectivity index (χ3n) is 7.65. The van der Waals surface area contributed by atoms with E-state index in [1.54, 1.807) is 0 Å². The van der Waals surface area contributed by atoms with Gasteiger partial charge in [-0.25, -0.2) is 0 Å². The highest BCUT2D eigenvalue weighted by molar-refractivity contribution is 4.95. The smallest absolute Gasteiger partial charge is 0.187 e. The van der Waals surface area contributed by atoms with Crippen LogP contribution in [0.5, 0.6) is 0 Å². The molecule has 0 aliphatic carbocycles. The monoisotopic (exact) mass is 538 g/mol. The molecule has 6 N–H and O–H groups in total. The molecular weight excluding hydrogens is 488 g/mol. The molecule has 0 spiro atoms. The van der Waals surface area contributed by atoms with Gasteiger partial charge in [0, 0.05) is 0 Å². The Balaban J connectivity index is 2.10. The van der Waals surface area contributed by atoms with E-state index in [4.69, 9.17) is 23.7 Å². The van der Waals surface area contributed by atoms with Gasteiger partial charge in [0.15, 0.2) is 12.6 Å². The molecule has 220 valence electrons. The summed E-state index contributed by atoms with van der Waals surface area (Å²) in [4.78, 5) is 0. The van der Waals surface area contributed by atoms with Gasteiger partial charge in [0.2, 0.25) is 0 Å². The largest absolute Gasteiger partial charge is 0.394 e. The fraction of sp³-hybridized carbons (Fsp3) is 1.00. The molecule has 0 saturated carbocycles. The molecular formula is C26H50O11. The Morgan fingerprint density at radius 3 is 1.89 bits per heavy atom. The zero-order chi connectivity index (χ0) is 27.8. The number of aliphatic hydroxyl groups is 6. The maximum Gasteiger partial charge on any atom is 0.187 e. The van der Waals surface area contributed by atoms with E-state index in [0.29, 0.717) is 19.4 Å². The molecule has 2 saturated heterocycles. The minimum atomic E-state index is -1.59. The summed E-state index contributed by atoms with van der Waals surface area (Å²) in [6, 6.07) is 0. The summed E-state index contributed by atoms with van der Waals surface area (Å²) in [5, 5.41) is 63.0. The fourth-order valence-corrected chi connectivity index (χ4v) is 5.04. The van der Waals surface area contributed by atoms with Crippen molar-refractivity contribution in [2.45, 2.75) is 140 Å². The first-order chi connectivity index (χ1) is 17.6. The lowest BCUT2D eigenvalue weighted by atomic mass is 9.93. The molecule has 11 unspecified atom stereocenters. The van der Waals surface area contributed by atoms with Gasteiger partial charge in [0.1, 0.15) is 48.8 Å². The van der Waals surface area contributed by atoms with Crippen LogP contribution in [0, 0.1) is 5.92 Å². The Kier molecular flexibility index (Phi) is 13.6. The molecule has 2 aliphatic heterocycles. The van der Waals surface area contributed by atoms with Crippen molar-refractivity contribution in [1.29, 1.82) is 0 Å². The van der Waals surface area contributed by atoms with Gasteiger partial charge < -0.3 is 54.3 Å². The Morgan fingerprint density at radius 1 is 0.784 bits per heavy atom. The molecule has 2 heterocycles. The van der Waals surface area contributed by atoms with Crippen LogP contribution >= 0.6 is 0 Å². The normalized spacial score (nSPS) is 39.3. The van der Waals surface area contributed by atoms with Gasteiger partial charge in [-0.15, -0.1) is 0 Å². The fourth-order valence-electron chi connectivity index (χ4n) is 5.04. The lowest BCUT2D eigenvalue weighted by molar-refractivity contribution is -0.366. The van der Waals surface area contributed by atoms with Crippen molar-refractivity contribution in [2.24, 2.45) is 5.92 Å². The number of hydrogen-bond acceptors (Lipinski definition) is 11. The third-order valence-corrected chi connectivity index (χ3v) is 7.65. The third kappa shape index (κ3) is 8.28. The van der Waals surface area contributed by atoms with Gasteiger partial charge >= 0.3 is 0 Å². The van der Waals surface area contributed by atoms with E-state index in [1.807, 2.05) is 27.7 Å². The van der Waals surface area contributed by atoms with Gasteiger partial charge in [0.05, 0.1) is 25.4 Å². The van der Waals surface area contributed by atoms with Gasteiger partial charge in [-0.2, -0.15) is 0 Å². The zero-order valence-electron chi connectivity index (χ0n) is 22.9. The molecule has 11 nitrogen and oxygen atoms in total. The molecule has 0 aromatic rings. The summed E-state index contributed by atoms with van der Waals surface area (Å²) in [6.45, 7) is 9.24. The van der Waals surface area contributed by atoms with Crippen LogP contribution in [0.1, 0.15) is 73.1 Å². The van der Waals surface area contributed by atoms with Crippen LogP contribution < -0.4 is 0 Å². The van der Waals surface area contributed by atoms with E-state index in [9.17, 15) is 30.6 Å². The Morgan fingerprint density at radius 2 is 1.35 bits per heavy atom. The predicted molar refractivity (Wildman–Crippen MR) is 134 cm³/mol. The second-order valence-electron chi connectivity index (χ2n) is 10.5. The van der Waals surface area contributed by atoms with E-state index in [2.05, 4.69) is 6.92 Å². The average molecular weight is 539 g/mol. The van der Waals surface area contributed by atoms with Crippen molar-refractivity contribution in [3.8, 4) is 0 Å².